The fourth-order valence-corrected chi connectivity index (χ4v) is 3.03. The molecule has 1 aliphatic rings. The Hall–Kier alpha value is -2.30. The zero-order valence-electron chi connectivity index (χ0n) is 12.6. The number of hydrogen-bond acceptors (Lipinski definition) is 3. The number of rotatable bonds is 3. The van der Waals surface area contributed by atoms with E-state index < -0.39 is 0 Å². The Labute approximate surface area is 129 Å². The van der Waals surface area contributed by atoms with Gasteiger partial charge in [0.15, 0.2) is 12.4 Å². The Morgan fingerprint density at radius 1 is 1.23 bits per heavy atom. The monoisotopic (exact) mass is 300 g/mol. The summed E-state index contributed by atoms with van der Waals surface area (Å²) in [5, 5.41) is 16.1. The van der Waals surface area contributed by atoms with Gasteiger partial charge in [0.05, 0.1) is 6.10 Å². The van der Waals surface area contributed by atoms with Gasteiger partial charge in [0.1, 0.15) is 5.75 Å². The summed E-state index contributed by atoms with van der Waals surface area (Å²) in [6.45, 7) is 1.56. The number of nitrogens with zero attached hydrogens (tertiary/aromatic N) is 1. The van der Waals surface area contributed by atoms with Gasteiger partial charge in [0.25, 0.3) is 0 Å². The Balaban J connectivity index is 1.62. The first-order chi connectivity index (χ1) is 10.6. The fourth-order valence-electron chi connectivity index (χ4n) is 3.03. The molecule has 116 valence electrons. The third-order valence-corrected chi connectivity index (χ3v) is 4.11. The van der Waals surface area contributed by atoms with Gasteiger partial charge in [0.2, 0.25) is 5.91 Å². The molecule has 5 nitrogen and oxygen atoms in total. The van der Waals surface area contributed by atoms with Gasteiger partial charge in [-0.1, -0.05) is 0 Å². The lowest BCUT2D eigenvalue weighted by molar-refractivity contribution is -0.603. The molecule has 1 amide bonds. The first kappa shape index (κ1) is 14.6. The van der Waals surface area contributed by atoms with Gasteiger partial charge in [-0.3, -0.25) is 4.79 Å². The quantitative estimate of drug-likeness (QED) is 0.698. The van der Waals surface area contributed by atoms with Crippen molar-refractivity contribution in [2.75, 3.05) is 0 Å². The van der Waals surface area contributed by atoms with Gasteiger partial charge in [-0.25, -0.2) is 0 Å². The number of aromatic nitrogens is 1. The summed E-state index contributed by atoms with van der Waals surface area (Å²) in [6.07, 6.45) is 7.02. The fraction of sp³-hybridized carbons (Fsp3) is 0.412. The van der Waals surface area contributed by atoms with Gasteiger partial charge in [-0.05, 0) is 49.3 Å². The second-order valence-electron chi connectivity index (χ2n) is 5.89. The number of amides is 1. The molecule has 1 aromatic heterocycles. The highest BCUT2D eigenvalue weighted by Crippen LogP contribution is 2.26. The second-order valence-corrected chi connectivity index (χ2v) is 5.89. The van der Waals surface area contributed by atoms with E-state index in [4.69, 9.17) is 4.74 Å². The molecule has 1 aliphatic carbocycles. The van der Waals surface area contributed by atoms with Crippen LogP contribution in [0.3, 0.4) is 0 Å². The molecule has 5 heteroatoms. The second kappa shape index (κ2) is 6.22. The summed E-state index contributed by atoms with van der Waals surface area (Å²) in [5.74, 6) is 0.869. The minimum Gasteiger partial charge on any atom is -0.619 e. The zero-order chi connectivity index (χ0) is 15.5. The maximum absolute atomic E-state index is 11.2. The summed E-state index contributed by atoms with van der Waals surface area (Å²) in [7, 11) is 0. The maximum Gasteiger partial charge on any atom is 0.217 e. The van der Waals surface area contributed by atoms with Crippen LogP contribution in [0.4, 0.5) is 0 Å². The van der Waals surface area contributed by atoms with Gasteiger partial charge < -0.3 is 15.3 Å². The minimum atomic E-state index is 0.0366. The Morgan fingerprint density at radius 2 is 2.00 bits per heavy atom. The summed E-state index contributed by atoms with van der Waals surface area (Å²) in [6, 6.07) is 7.85. The first-order valence-electron chi connectivity index (χ1n) is 7.66. The van der Waals surface area contributed by atoms with Crippen LogP contribution in [0.5, 0.6) is 5.75 Å². The molecule has 0 aliphatic heterocycles. The Morgan fingerprint density at radius 3 is 2.73 bits per heavy atom. The molecular weight excluding hydrogens is 280 g/mol. The molecule has 0 bridgehead atoms. The van der Waals surface area contributed by atoms with E-state index in [-0.39, 0.29) is 18.1 Å². The van der Waals surface area contributed by atoms with Crippen LogP contribution in [-0.2, 0) is 4.79 Å². The molecule has 1 saturated carbocycles. The summed E-state index contributed by atoms with van der Waals surface area (Å²) in [5.41, 5.74) is 0. The minimum absolute atomic E-state index is 0.0366. The third kappa shape index (κ3) is 3.47. The molecule has 1 N–H and O–H groups in total. The van der Waals surface area contributed by atoms with Crippen molar-refractivity contribution in [3.8, 4) is 5.75 Å². The van der Waals surface area contributed by atoms with Crippen LogP contribution in [0.25, 0.3) is 10.8 Å². The highest BCUT2D eigenvalue weighted by atomic mass is 16.5. The van der Waals surface area contributed by atoms with Crippen LogP contribution < -0.4 is 14.8 Å². The van der Waals surface area contributed by atoms with E-state index in [0.29, 0.717) is 0 Å². The lowest BCUT2D eigenvalue weighted by Gasteiger charge is -2.29. The number of fused-ring (bicyclic) bond motifs is 1. The smallest absolute Gasteiger partial charge is 0.217 e. The summed E-state index contributed by atoms with van der Waals surface area (Å²) in [4.78, 5) is 11.1. The van der Waals surface area contributed by atoms with Crippen LogP contribution in [0.2, 0.25) is 0 Å². The van der Waals surface area contributed by atoms with Crippen LogP contribution in [0, 0.1) is 5.21 Å². The molecule has 3 rings (SSSR count). The van der Waals surface area contributed by atoms with Gasteiger partial charge in [-0.2, -0.15) is 4.73 Å². The number of hydrogen-bond donors (Lipinski definition) is 1. The van der Waals surface area contributed by atoms with E-state index >= 15 is 0 Å². The predicted molar refractivity (Wildman–Crippen MR) is 83.4 cm³/mol. The molecule has 1 fully saturated rings. The van der Waals surface area contributed by atoms with Gasteiger partial charge in [0, 0.05) is 24.4 Å². The average molecular weight is 300 g/mol. The summed E-state index contributed by atoms with van der Waals surface area (Å²) < 4.78 is 6.85. The van der Waals surface area contributed by atoms with E-state index in [1.54, 1.807) is 19.2 Å². The molecule has 0 saturated heterocycles. The van der Waals surface area contributed by atoms with Crippen molar-refractivity contribution in [2.24, 2.45) is 0 Å². The largest absolute Gasteiger partial charge is 0.619 e. The number of ether oxygens (including phenoxy) is 1. The average Bonchev–Trinajstić information content (AvgIpc) is 2.49. The zero-order valence-corrected chi connectivity index (χ0v) is 12.6. The van der Waals surface area contributed by atoms with Crippen molar-refractivity contribution in [1.82, 2.24) is 5.32 Å². The van der Waals surface area contributed by atoms with Crippen molar-refractivity contribution in [3.63, 3.8) is 0 Å². The van der Waals surface area contributed by atoms with E-state index in [0.717, 1.165) is 46.9 Å². The van der Waals surface area contributed by atoms with E-state index in [9.17, 15) is 10.0 Å². The predicted octanol–water partition coefficient (Wildman–Crippen LogP) is 2.30. The van der Waals surface area contributed by atoms with Crippen LogP contribution in [0.15, 0.2) is 36.7 Å². The van der Waals surface area contributed by atoms with E-state index in [1.807, 2.05) is 18.2 Å². The van der Waals surface area contributed by atoms with Gasteiger partial charge >= 0.3 is 0 Å². The third-order valence-electron chi connectivity index (χ3n) is 4.11. The first-order valence-corrected chi connectivity index (χ1v) is 7.66. The number of carbonyl (C=O) groups is 1. The van der Waals surface area contributed by atoms with E-state index in [2.05, 4.69) is 5.32 Å². The van der Waals surface area contributed by atoms with Crippen LogP contribution in [-0.4, -0.2) is 18.1 Å². The highest BCUT2D eigenvalue weighted by Gasteiger charge is 2.22. The standard InChI is InChI=1S/C17H20N2O3/c1-12(20)18-15-3-6-16(7-4-15)22-17-5-2-14-11-19(21)9-8-13(14)10-17/h2,5,8-11,15-16H,3-4,6-7H2,1H3,(H,18,20). The normalized spacial score (nSPS) is 21.5. The molecule has 1 aromatic carbocycles. The van der Waals surface area contributed by atoms with Crippen LogP contribution in [0.1, 0.15) is 32.6 Å². The summed E-state index contributed by atoms with van der Waals surface area (Å²) >= 11 is 0. The molecule has 0 radical (unpaired) electrons. The lowest BCUT2D eigenvalue weighted by Crippen LogP contribution is -2.38. The van der Waals surface area contributed by atoms with E-state index in [1.165, 1.54) is 6.20 Å². The molecular formula is C17H20N2O3. The lowest BCUT2D eigenvalue weighted by atomic mass is 9.93. The van der Waals surface area contributed by atoms with Crippen molar-refractivity contribution >= 4 is 16.7 Å². The highest BCUT2D eigenvalue weighted by molar-refractivity contribution is 5.82. The molecule has 22 heavy (non-hydrogen) atoms. The Bertz CT molecular complexity index is 679. The number of pyridine rings is 1. The number of benzene rings is 1. The number of carbonyl (C=O) groups excluding carboxylic acids is 1. The molecule has 0 unspecified atom stereocenters. The van der Waals surface area contributed by atoms with Crippen molar-refractivity contribution in [3.05, 3.63) is 41.9 Å². The Kier molecular flexibility index (Phi) is 4.13. The van der Waals surface area contributed by atoms with Crippen molar-refractivity contribution in [2.45, 2.75) is 44.8 Å². The van der Waals surface area contributed by atoms with Crippen LogP contribution >= 0.6 is 0 Å². The molecule has 1 heterocycles. The van der Waals surface area contributed by atoms with Gasteiger partial charge in [-0.15, -0.1) is 0 Å². The van der Waals surface area contributed by atoms with Crippen molar-refractivity contribution < 1.29 is 14.3 Å². The SMILES string of the molecule is CC(=O)NC1CCC(Oc2ccc3c[n+]([O-])ccc3c2)CC1. The topological polar surface area (TPSA) is 65.3 Å². The number of nitrogens with one attached hydrogen (secondary N) is 1. The molecule has 0 atom stereocenters. The molecule has 2 aromatic rings. The van der Waals surface area contributed by atoms with Crippen molar-refractivity contribution in [1.29, 1.82) is 0 Å². The maximum atomic E-state index is 11.2. The molecule has 0 spiro atoms.